The number of urea groups is 1. The molecule has 2 unspecified atom stereocenters. The second-order valence-corrected chi connectivity index (χ2v) is 30.8. The SMILES string of the molecule is CCC[CH2][Sn]([CH2]CCC)([CH2]CCC)[c]1ccc(C(=O)NC(CCCCNC(=O)NC(CCC(=O)OCc2ccc(OC)cc2)C(=O)OCc2ccc(OC)cc2)C(=O)OCc2ccc(OC)cc2)cc1. The fraction of sp³-hybridized carbons (Fsp3) is 0.473. The van der Waals surface area contributed by atoms with Crippen LogP contribution in [0.15, 0.2) is 97.1 Å². The Kier molecular flexibility index (Phi) is 25.5. The van der Waals surface area contributed by atoms with Crippen LogP contribution in [-0.4, -0.2) is 88.2 Å². The normalized spacial score (nSPS) is 11.9. The second-order valence-electron chi connectivity index (χ2n) is 17.6. The molecule has 0 heterocycles. The van der Waals surface area contributed by atoms with Gasteiger partial charge >= 0.3 is 235 Å². The number of nitrogens with one attached hydrogen (secondary N) is 3. The summed E-state index contributed by atoms with van der Waals surface area (Å²) in [6.45, 7) is 6.95. The van der Waals surface area contributed by atoms with E-state index in [1.54, 1.807) is 82.0 Å². The van der Waals surface area contributed by atoms with Crippen molar-refractivity contribution < 1.29 is 52.4 Å². The average molecular weight is 1070 g/mol. The number of ether oxygens (including phenoxy) is 6. The van der Waals surface area contributed by atoms with E-state index in [2.05, 4.69) is 48.9 Å². The summed E-state index contributed by atoms with van der Waals surface area (Å²) in [5.74, 6) is -0.202. The van der Waals surface area contributed by atoms with Gasteiger partial charge in [0, 0.05) is 6.42 Å². The number of rotatable bonds is 32. The summed E-state index contributed by atoms with van der Waals surface area (Å²) in [5, 5.41) is 8.37. The number of methoxy groups -OCH3 is 3. The van der Waals surface area contributed by atoms with E-state index in [0.29, 0.717) is 41.2 Å². The predicted molar refractivity (Wildman–Crippen MR) is 274 cm³/mol. The predicted octanol–water partition coefficient (Wildman–Crippen LogP) is 9.72. The number of esters is 3. The van der Waals surface area contributed by atoms with Gasteiger partial charge in [-0.05, 0) is 53.9 Å². The summed E-state index contributed by atoms with van der Waals surface area (Å²) >= 11 is -2.72. The van der Waals surface area contributed by atoms with E-state index < -0.39 is 54.4 Å². The summed E-state index contributed by atoms with van der Waals surface area (Å²) < 4.78 is 37.8. The maximum atomic E-state index is 13.8. The number of benzene rings is 4. The van der Waals surface area contributed by atoms with Gasteiger partial charge in [-0.2, -0.15) is 0 Å². The van der Waals surface area contributed by atoms with Gasteiger partial charge in [-0.25, -0.2) is 9.59 Å². The molecule has 70 heavy (non-hydrogen) atoms. The van der Waals surface area contributed by atoms with E-state index in [1.165, 1.54) is 55.4 Å². The van der Waals surface area contributed by atoms with Crippen LogP contribution in [0.2, 0.25) is 13.3 Å². The fourth-order valence-corrected chi connectivity index (χ4v) is 24.1. The summed E-state index contributed by atoms with van der Waals surface area (Å²) in [7, 11) is 4.70. The first kappa shape index (κ1) is 56.8. The summed E-state index contributed by atoms with van der Waals surface area (Å²) in [6, 6.07) is 26.7. The molecule has 0 aliphatic heterocycles. The molecular weight excluding hydrogens is 997 g/mol. The van der Waals surface area contributed by atoms with Crippen molar-refractivity contribution in [3.63, 3.8) is 0 Å². The standard InChI is InChI=1S/C43H48N3O11.3C4H9.Sn/c1-52-34-18-12-30(13-19-34)27-55-39(47)25-24-38(42(50)57-29-32-16-22-36(54-3)23-17-32)46-43(51)44-26-8-7-11-37(45-40(48)33-9-5-4-6-10-33)41(49)56-28-31-14-20-35(53-2)21-15-31;3*1-3-4-2;/h5-6,9-10,12-23,37-38H,7-8,11,24-29H2,1-3H3,(H,45,48)(H2,44,46,51);3*1,3-4H2,2H3;. The molecule has 0 spiro atoms. The molecule has 0 bridgehead atoms. The van der Waals surface area contributed by atoms with Crippen molar-refractivity contribution in [2.24, 2.45) is 0 Å². The van der Waals surface area contributed by atoms with Gasteiger partial charge in [0.25, 0.3) is 0 Å². The molecular formula is C55H75N3O11Sn. The van der Waals surface area contributed by atoms with Crippen LogP contribution in [0.4, 0.5) is 4.79 Å². The molecule has 0 saturated carbocycles. The molecule has 3 N–H and O–H groups in total. The van der Waals surface area contributed by atoms with Crippen LogP contribution in [0.3, 0.4) is 0 Å². The number of carbonyl (C=O) groups excluding carboxylic acids is 5. The Bertz CT molecular complexity index is 2160. The number of unbranched alkanes of at least 4 members (excludes halogenated alkanes) is 4. The Morgan fingerprint density at radius 2 is 0.929 bits per heavy atom. The third-order valence-electron chi connectivity index (χ3n) is 12.4. The van der Waals surface area contributed by atoms with Crippen LogP contribution in [-0.2, 0) is 48.4 Å². The Labute approximate surface area is 419 Å². The van der Waals surface area contributed by atoms with Gasteiger partial charge in [-0.15, -0.1) is 0 Å². The minimum absolute atomic E-state index is 0.0120. The first-order chi connectivity index (χ1) is 34.0. The molecule has 3 amide bonds. The van der Waals surface area contributed by atoms with Crippen molar-refractivity contribution in [3.05, 3.63) is 119 Å². The van der Waals surface area contributed by atoms with Crippen LogP contribution in [0, 0.1) is 0 Å². The Balaban J connectivity index is 1.38. The molecule has 15 heteroatoms. The van der Waals surface area contributed by atoms with E-state index in [1.807, 2.05) is 24.3 Å². The molecule has 4 aromatic carbocycles. The molecule has 0 aliphatic rings. The summed E-state index contributed by atoms with van der Waals surface area (Å²) in [6.07, 6.45) is 8.12. The molecule has 380 valence electrons. The van der Waals surface area contributed by atoms with Gasteiger partial charge in [0.15, 0.2) is 0 Å². The van der Waals surface area contributed by atoms with Crippen LogP contribution in [0.25, 0.3) is 0 Å². The van der Waals surface area contributed by atoms with E-state index in [9.17, 15) is 24.0 Å². The third kappa shape index (κ3) is 19.6. The van der Waals surface area contributed by atoms with E-state index in [-0.39, 0.29) is 51.5 Å². The van der Waals surface area contributed by atoms with Crippen LogP contribution in [0.5, 0.6) is 17.2 Å². The number of carbonyl (C=O) groups is 5. The number of amides is 3. The molecule has 0 fully saturated rings. The molecule has 2 atom stereocenters. The van der Waals surface area contributed by atoms with Gasteiger partial charge < -0.3 is 29.0 Å². The fourth-order valence-electron chi connectivity index (χ4n) is 8.13. The van der Waals surface area contributed by atoms with Crippen molar-refractivity contribution in [1.82, 2.24) is 16.0 Å². The second kappa shape index (κ2) is 31.5. The maximum absolute atomic E-state index is 13.8. The Morgan fingerprint density at radius 1 is 0.500 bits per heavy atom. The molecule has 0 radical (unpaired) electrons. The zero-order valence-electron chi connectivity index (χ0n) is 42.1. The molecule has 14 nitrogen and oxygen atoms in total. The molecule has 0 aliphatic carbocycles. The summed E-state index contributed by atoms with van der Waals surface area (Å²) in [5.41, 5.74) is 2.72. The van der Waals surface area contributed by atoms with Crippen molar-refractivity contribution in [2.75, 3.05) is 27.9 Å². The van der Waals surface area contributed by atoms with Gasteiger partial charge in [0.2, 0.25) is 0 Å². The zero-order valence-corrected chi connectivity index (χ0v) is 45.0. The van der Waals surface area contributed by atoms with Crippen molar-refractivity contribution in [1.29, 1.82) is 0 Å². The van der Waals surface area contributed by atoms with Crippen LogP contribution < -0.4 is 33.7 Å². The monoisotopic (exact) mass is 1070 g/mol. The zero-order chi connectivity index (χ0) is 50.6. The molecule has 0 aromatic heterocycles. The van der Waals surface area contributed by atoms with E-state index in [0.717, 1.165) is 11.1 Å². The van der Waals surface area contributed by atoms with Crippen molar-refractivity contribution >= 4 is 51.8 Å². The van der Waals surface area contributed by atoms with Crippen LogP contribution in [0.1, 0.15) is 118 Å². The average Bonchev–Trinajstić information content (AvgIpc) is 3.39. The van der Waals surface area contributed by atoms with Crippen molar-refractivity contribution in [3.8, 4) is 17.2 Å². The quantitative estimate of drug-likeness (QED) is 0.0184. The van der Waals surface area contributed by atoms with E-state index in [4.69, 9.17) is 28.4 Å². The van der Waals surface area contributed by atoms with Gasteiger partial charge in [0.05, 0.1) is 21.3 Å². The minimum atomic E-state index is -2.72. The van der Waals surface area contributed by atoms with Crippen LogP contribution >= 0.6 is 0 Å². The number of hydrogen-bond donors (Lipinski definition) is 3. The molecule has 4 rings (SSSR count). The first-order valence-corrected chi connectivity index (χ1v) is 32.3. The van der Waals surface area contributed by atoms with Gasteiger partial charge in [-0.1, -0.05) is 24.3 Å². The summed E-state index contributed by atoms with van der Waals surface area (Å²) in [4.78, 5) is 66.8. The third-order valence-corrected chi connectivity index (χ3v) is 28.1. The van der Waals surface area contributed by atoms with Crippen molar-refractivity contribution in [2.45, 2.75) is 137 Å². The van der Waals surface area contributed by atoms with Gasteiger partial charge in [-0.3, -0.25) is 4.79 Å². The molecule has 0 saturated heterocycles. The topological polar surface area (TPSA) is 177 Å². The number of hydrogen-bond acceptors (Lipinski definition) is 11. The first-order valence-electron chi connectivity index (χ1n) is 24.8. The van der Waals surface area contributed by atoms with E-state index >= 15 is 0 Å². The molecule has 4 aromatic rings. The van der Waals surface area contributed by atoms with Gasteiger partial charge in [0.1, 0.15) is 36.5 Å². The Morgan fingerprint density at radius 3 is 1.36 bits per heavy atom. The Hall–Kier alpha value is -5.77.